The minimum Gasteiger partial charge on any atom is -0.394 e. The number of likely N-dealkylation sites (N-methyl/N-ethyl adjacent to an activating group) is 1. The van der Waals surface area contributed by atoms with Crippen molar-refractivity contribution >= 4 is 0 Å². The normalized spacial score (nSPS) is 13.6. The van der Waals surface area contributed by atoms with Crippen LogP contribution in [0.25, 0.3) is 0 Å². The maximum absolute atomic E-state index is 8.85. The van der Waals surface area contributed by atoms with Crippen molar-refractivity contribution in [2.45, 2.75) is 19.9 Å². The average molecular weight is 143 g/mol. The summed E-state index contributed by atoms with van der Waals surface area (Å²) in [5.74, 6) is 0. The number of hydrogen-bond donors (Lipinski definition) is 1. The molecule has 0 rings (SSSR count). The first-order valence-corrected chi connectivity index (χ1v) is 3.77. The van der Waals surface area contributed by atoms with Crippen LogP contribution < -0.4 is 0 Å². The molecule has 0 aliphatic heterocycles. The lowest BCUT2D eigenvalue weighted by atomic mass is 10.2. The lowest BCUT2D eigenvalue weighted by molar-refractivity contribution is 0.163. The fourth-order valence-corrected chi connectivity index (χ4v) is 1.03. The minimum absolute atomic E-state index is 0.134. The SMILES string of the molecule is C=C[C@H](CO)N(CC)CC. The highest BCUT2D eigenvalue weighted by atomic mass is 16.3. The topological polar surface area (TPSA) is 23.5 Å². The summed E-state index contributed by atoms with van der Waals surface area (Å²) in [4.78, 5) is 2.16. The van der Waals surface area contributed by atoms with Gasteiger partial charge in [-0.15, -0.1) is 6.58 Å². The van der Waals surface area contributed by atoms with Crippen LogP contribution in [0.15, 0.2) is 12.7 Å². The maximum atomic E-state index is 8.85. The summed E-state index contributed by atoms with van der Waals surface area (Å²) in [6.45, 7) is 9.91. The molecule has 0 unspecified atom stereocenters. The number of aliphatic hydroxyl groups excluding tert-OH is 1. The second kappa shape index (κ2) is 5.45. The van der Waals surface area contributed by atoms with E-state index in [2.05, 4.69) is 25.3 Å². The molecule has 60 valence electrons. The van der Waals surface area contributed by atoms with Crippen molar-refractivity contribution in [2.24, 2.45) is 0 Å². The first-order chi connectivity index (χ1) is 4.79. The molecule has 0 saturated carbocycles. The average Bonchev–Trinajstić information content (AvgIpc) is 2.00. The predicted octanol–water partition coefficient (Wildman–Crippen LogP) is 0.875. The Bertz CT molecular complexity index is 89.3. The van der Waals surface area contributed by atoms with Crippen molar-refractivity contribution in [3.8, 4) is 0 Å². The Labute approximate surface area is 63.2 Å². The summed E-state index contributed by atoms with van der Waals surface area (Å²) in [5.41, 5.74) is 0. The number of rotatable bonds is 5. The van der Waals surface area contributed by atoms with Crippen molar-refractivity contribution in [1.82, 2.24) is 4.90 Å². The largest absolute Gasteiger partial charge is 0.394 e. The standard InChI is InChI=1S/C8H17NO/c1-4-8(7-10)9(5-2)6-3/h4,8,10H,1,5-7H2,2-3H3/t8-/m1/s1. The van der Waals surface area contributed by atoms with Gasteiger partial charge < -0.3 is 5.11 Å². The van der Waals surface area contributed by atoms with Gasteiger partial charge in [0.05, 0.1) is 12.6 Å². The Hall–Kier alpha value is -0.340. The highest BCUT2D eigenvalue weighted by Gasteiger charge is 2.08. The van der Waals surface area contributed by atoms with Crippen molar-refractivity contribution in [2.75, 3.05) is 19.7 Å². The van der Waals surface area contributed by atoms with Crippen LogP contribution in [0.5, 0.6) is 0 Å². The van der Waals surface area contributed by atoms with Gasteiger partial charge in [-0.25, -0.2) is 0 Å². The Morgan fingerprint density at radius 1 is 1.50 bits per heavy atom. The molecule has 1 atom stereocenters. The first-order valence-electron chi connectivity index (χ1n) is 3.77. The van der Waals surface area contributed by atoms with E-state index in [1.165, 1.54) is 0 Å². The fraction of sp³-hybridized carbons (Fsp3) is 0.750. The van der Waals surface area contributed by atoms with E-state index < -0.39 is 0 Å². The molecule has 10 heavy (non-hydrogen) atoms. The van der Waals surface area contributed by atoms with Gasteiger partial charge in [0.25, 0.3) is 0 Å². The molecular weight excluding hydrogens is 126 g/mol. The summed E-state index contributed by atoms with van der Waals surface area (Å²) >= 11 is 0. The molecule has 0 heterocycles. The number of aliphatic hydroxyl groups is 1. The van der Waals surface area contributed by atoms with Gasteiger partial charge in [0.1, 0.15) is 0 Å². The van der Waals surface area contributed by atoms with Crippen molar-refractivity contribution in [1.29, 1.82) is 0 Å². The third-order valence-electron chi connectivity index (χ3n) is 1.74. The highest BCUT2D eigenvalue weighted by molar-refractivity contribution is 4.86. The smallest absolute Gasteiger partial charge is 0.0622 e. The van der Waals surface area contributed by atoms with Gasteiger partial charge in [-0.2, -0.15) is 0 Å². The van der Waals surface area contributed by atoms with Crippen LogP contribution in [0, 0.1) is 0 Å². The molecule has 0 aliphatic rings. The van der Waals surface area contributed by atoms with E-state index in [9.17, 15) is 0 Å². The van der Waals surface area contributed by atoms with Crippen LogP contribution in [0.4, 0.5) is 0 Å². The summed E-state index contributed by atoms with van der Waals surface area (Å²) < 4.78 is 0. The molecule has 0 aromatic carbocycles. The molecule has 0 fully saturated rings. The predicted molar refractivity (Wildman–Crippen MR) is 44.0 cm³/mol. The van der Waals surface area contributed by atoms with Crippen molar-refractivity contribution < 1.29 is 5.11 Å². The molecule has 0 aliphatic carbocycles. The Kier molecular flexibility index (Phi) is 5.26. The van der Waals surface area contributed by atoms with Crippen LogP contribution in [-0.2, 0) is 0 Å². The molecule has 0 saturated heterocycles. The molecule has 0 bridgehead atoms. The van der Waals surface area contributed by atoms with Gasteiger partial charge in [-0.05, 0) is 13.1 Å². The zero-order valence-corrected chi connectivity index (χ0v) is 6.88. The fourth-order valence-electron chi connectivity index (χ4n) is 1.03. The monoisotopic (exact) mass is 143 g/mol. The molecule has 0 aromatic rings. The number of hydrogen-bond acceptors (Lipinski definition) is 2. The van der Waals surface area contributed by atoms with Crippen molar-refractivity contribution in [3.05, 3.63) is 12.7 Å². The zero-order chi connectivity index (χ0) is 7.98. The Morgan fingerprint density at radius 3 is 2.10 bits per heavy atom. The molecule has 0 radical (unpaired) electrons. The van der Waals surface area contributed by atoms with Gasteiger partial charge in [-0.3, -0.25) is 4.90 Å². The molecule has 2 nitrogen and oxygen atoms in total. The quantitative estimate of drug-likeness (QED) is 0.577. The molecule has 2 heteroatoms. The van der Waals surface area contributed by atoms with Gasteiger partial charge in [0.2, 0.25) is 0 Å². The summed E-state index contributed by atoms with van der Waals surface area (Å²) in [7, 11) is 0. The van der Waals surface area contributed by atoms with E-state index in [1.54, 1.807) is 6.08 Å². The second-order valence-corrected chi connectivity index (χ2v) is 2.21. The van der Waals surface area contributed by atoms with Crippen LogP contribution in [0.3, 0.4) is 0 Å². The second-order valence-electron chi connectivity index (χ2n) is 2.21. The van der Waals surface area contributed by atoms with Crippen LogP contribution in [-0.4, -0.2) is 35.7 Å². The molecule has 0 spiro atoms. The van der Waals surface area contributed by atoms with E-state index in [0.717, 1.165) is 13.1 Å². The van der Waals surface area contributed by atoms with Gasteiger partial charge in [-0.1, -0.05) is 19.9 Å². The Morgan fingerprint density at radius 2 is 2.00 bits per heavy atom. The third kappa shape index (κ3) is 2.50. The summed E-state index contributed by atoms with van der Waals surface area (Å²) in [5, 5.41) is 8.85. The molecular formula is C8H17NO. The van der Waals surface area contributed by atoms with Gasteiger partial charge >= 0.3 is 0 Å². The minimum atomic E-state index is 0.134. The lowest BCUT2D eigenvalue weighted by Gasteiger charge is -2.24. The van der Waals surface area contributed by atoms with Crippen LogP contribution in [0.2, 0.25) is 0 Å². The Balaban J connectivity index is 3.81. The summed E-state index contributed by atoms with van der Waals surface area (Å²) in [6, 6.07) is 0.134. The zero-order valence-electron chi connectivity index (χ0n) is 6.88. The number of nitrogens with zero attached hydrogens (tertiary/aromatic N) is 1. The third-order valence-corrected chi connectivity index (χ3v) is 1.74. The maximum Gasteiger partial charge on any atom is 0.0622 e. The molecule has 0 aromatic heterocycles. The molecule has 1 N–H and O–H groups in total. The van der Waals surface area contributed by atoms with Crippen molar-refractivity contribution in [3.63, 3.8) is 0 Å². The lowest BCUT2D eigenvalue weighted by Crippen LogP contribution is -2.35. The van der Waals surface area contributed by atoms with E-state index in [1.807, 2.05) is 0 Å². The van der Waals surface area contributed by atoms with Crippen LogP contribution in [0.1, 0.15) is 13.8 Å². The van der Waals surface area contributed by atoms with Gasteiger partial charge in [0, 0.05) is 0 Å². The van der Waals surface area contributed by atoms with E-state index in [0.29, 0.717) is 0 Å². The van der Waals surface area contributed by atoms with E-state index in [-0.39, 0.29) is 12.6 Å². The molecule has 0 amide bonds. The first kappa shape index (κ1) is 9.66. The van der Waals surface area contributed by atoms with E-state index >= 15 is 0 Å². The highest BCUT2D eigenvalue weighted by Crippen LogP contribution is 1.97. The van der Waals surface area contributed by atoms with Gasteiger partial charge in [0.15, 0.2) is 0 Å². The summed E-state index contributed by atoms with van der Waals surface area (Å²) in [6.07, 6.45) is 1.78. The van der Waals surface area contributed by atoms with Crippen LogP contribution >= 0.6 is 0 Å². The van der Waals surface area contributed by atoms with E-state index in [4.69, 9.17) is 5.11 Å².